The van der Waals surface area contributed by atoms with Crippen LogP contribution in [-0.2, 0) is 22.4 Å². The molecule has 3 fully saturated rings. The van der Waals surface area contributed by atoms with Gasteiger partial charge in [-0.25, -0.2) is 14.5 Å². The number of amides is 3. The Morgan fingerprint density at radius 3 is 2.18 bits per heavy atom. The van der Waals surface area contributed by atoms with Crippen molar-refractivity contribution in [1.82, 2.24) is 39.7 Å². The van der Waals surface area contributed by atoms with Crippen LogP contribution in [0.4, 0.5) is 10.1 Å². The lowest BCUT2D eigenvalue weighted by atomic mass is 9.95. The maximum atomic E-state index is 13.6. The highest BCUT2D eigenvalue weighted by atomic mass is 19.1. The normalized spacial score (nSPS) is 16.0. The van der Waals surface area contributed by atoms with Crippen molar-refractivity contribution in [2.75, 3.05) is 90.4 Å². The first-order valence-electron chi connectivity index (χ1n) is 23.4. The third-order valence-corrected chi connectivity index (χ3v) is 12.6. The molecule has 3 aromatic carbocycles. The van der Waals surface area contributed by atoms with Crippen molar-refractivity contribution in [1.29, 1.82) is 0 Å². The van der Waals surface area contributed by atoms with E-state index in [1.807, 2.05) is 55.0 Å². The number of piperidine rings is 1. The van der Waals surface area contributed by atoms with Gasteiger partial charge in [-0.2, -0.15) is 5.10 Å². The topological polar surface area (TPSA) is 138 Å². The molecule has 5 heterocycles. The van der Waals surface area contributed by atoms with Crippen LogP contribution in [-0.4, -0.2) is 143 Å². The quantitative estimate of drug-likeness (QED) is 0.135. The van der Waals surface area contributed by atoms with Crippen molar-refractivity contribution in [2.24, 2.45) is 5.92 Å². The van der Waals surface area contributed by atoms with E-state index in [4.69, 9.17) is 0 Å². The first-order chi connectivity index (χ1) is 31.6. The number of carbonyl (C=O) groups excluding carboxylic acids is 3. The number of hydrogen-bond donors (Lipinski definition) is 2. The lowest BCUT2D eigenvalue weighted by Gasteiger charge is -2.39. The van der Waals surface area contributed by atoms with E-state index in [2.05, 4.69) is 67.6 Å². The number of benzene rings is 3. The highest BCUT2D eigenvalue weighted by molar-refractivity contribution is 5.98. The molecule has 2 N–H and O–H groups in total. The van der Waals surface area contributed by atoms with Crippen molar-refractivity contribution < 1.29 is 18.8 Å². The molecule has 13 nitrogen and oxygen atoms in total. The van der Waals surface area contributed by atoms with Crippen LogP contribution < -0.4 is 10.9 Å². The molecule has 8 rings (SSSR count). The molecule has 3 amide bonds. The van der Waals surface area contributed by atoms with E-state index in [0.29, 0.717) is 61.7 Å². The summed E-state index contributed by atoms with van der Waals surface area (Å²) in [5, 5.41) is 11.5. The van der Waals surface area contributed by atoms with Crippen LogP contribution in [0.15, 0.2) is 83.8 Å². The molecule has 0 saturated carbocycles. The minimum absolute atomic E-state index is 0.00844. The van der Waals surface area contributed by atoms with Crippen molar-refractivity contribution in [2.45, 2.75) is 60.3 Å². The average Bonchev–Trinajstić information content (AvgIpc) is 3.35. The Balaban J connectivity index is 0.000000264. The molecule has 3 aliphatic heterocycles. The number of rotatable bonds is 12. The first kappa shape index (κ1) is 48.5. The van der Waals surface area contributed by atoms with E-state index in [1.165, 1.54) is 11.6 Å². The number of aryl methyl sites for hydroxylation is 2. The number of hydrogen-bond acceptors (Lipinski definition) is 9. The summed E-state index contributed by atoms with van der Waals surface area (Å²) in [6, 6.07) is 22.9. The lowest BCUT2D eigenvalue weighted by Crippen LogP contribution is -2.54. The van der Waals surface area contributed by atoms with Gasteiger partial charge in [-0.1, -0.05) is 75.4 Å². The molecule has 0 spiro atoms. The lowest BCUT2D eigenvalue weighted by molar-refractivity contribution is -0.136. The zero-order chi connectivity index (χ0) is 46.3. The van der Waals surface area contributed by atoms with Crippen LogP contribution in [0.25, 0.3) is 21.9 Å². The van der Waals surface area contributed by atoms with Gasteiger partial charge in [0.15, 0.2) is 5.69 Å². The summed E-state index contributed by atoms with van der Waals surface area (Å²) >= 11 is 0. The summed E-state index contributed by atoms with van der Waals surface area (Å²) < 4.78 is 13.3. The number of pyridine rings is 1. The number of aromatic amines is 1. The van der Waals surface area contributed by atoms with Crippen molar-refractivity contribution in [3.8, 4) is 11.1 Å². The zero-order valence-corrected chi connectivity index (χ0v) is 38.8. The Morgan fingerprint density at radius 1 is 0.800 bits per heavy atom. The molecule has 5 aromatic rings. The van der Waals surface area contributed by atoms with E-state index in [-0.39, 0.29) is 23.2 Å². The molecule has 14 heteroatoms. The maximum Gasteiger partial charge on any atom is 0.274 e. The number of H-pyrrole nitrogens is 1. The van der Waals surface area contributed by atoms with Gasteiger partial charge in [-0.3, -0.25) is 24.1 Å². The third-order valence-electron chi connectivity index (χ3n) is 12.6. The molecule has 0 aliphatic carbocycles. The summed E-state index contributed by atoms with van der Waals surface area (Å²) in [4.78, 5) is 64.0. The van der Waals surface area contributed by atoms with Crippen LogP contribution >= 0.6 is 0 Å². The summed E-state index contributed by atoms with van der Waals surface area (Å²) in [6.07, 6.45) is 6.22. The maximum absolute atomic E-state index is 13.6. The number of nitrogens with zero attached hydrogens (tertiary/aromatic N) is 7. The molecule has 3 saturated heterocycles. The largest absolute Gasteiger partial charge is 0.383 e. The molecule has 0 radical (unpaired) electrons. The number of likely N-dealkylation sites (tertiary alicyclic amines) is 1. The zero-order valence-electron chi connectivity index (χ0n) is 38.8. The minimum atomic E-state index is -0.215. The van der Waals surface area contributed by atoms with E-state index < -0.39 is 0 Å². The summed E-state index contributed by atoms with van der Waals surface area (Å²) in [7, 11) is 0. The van der Waals surface area contributed by atoms with Crippen LogP contribution in [0.1, 0.15) is 73.4 Å². The second-order valence-corrected chi connectivity index (χ2v) is 16.8. The smallest absolute Gasteiger partial charge is 0.274 e. The minimum Gasteiger partial charge on any atom is -0.383 e. The number of aromatic nitrogens is 3. The second-order valence-electron chi connectivity index (χ2n) is 16.8. The predicted octanol–water partition coefficient (Wildman–Crippen LogP) is 6.50. The van der Waals surface area contributed by atoms with Crippen LogP contribution in [0.2, 0.25) is 0 Å². The first-order valence-corrected chi connectivity index (χ1v) is 23.4. The van der Waals surface area contributed by atoms with Crippen LogP contribution in [0.5, 0.6) is 0 Å². The Kier molecular flexibility index (Phi) is 17.7. The van der Waals surface area contributed by atoms with Gasteiger partial charge in [0.1, 0.15) is 5.82 Å². The van der Waals surface area contributed by atoms with Gasteiger partial charge in [0.05, 0.1) is 23.3 Å². The summed E-state index contributed by atoms with van der Waals surface area (Å²) in [6.45, 7) is 19.9. The number of halogens is 1. The van der Waals surface area contributed by atoms with Gasteiger partial charge < -0.3 is 24.9 Å². The summed E-state index contributed by atoms with van der Waals surface area (Å²) in [5.74, 6) is 0.533. The van der Waals surface area contributed by atoms with Gasteiger partial charge in [0.25, 0.3) is 11.5 Å². The van der Waals surface area contributed by atoms with Gasteiger partial charge in [0.2, 0.25) is 12.3 Å². The highest BCUT2D eigenvalue weighted by Gasteiger charge is 2.29. The molecule has 0 unspecified atom stereocenters. The molecular weight excluding hydrogens is 822 g/mol. The fraction of sp³-hybridized carbons (Fsp3) is 0.451. The predicted molar refractivity (Wildman–Crippen MR) is 257 cm³/mol. The van der Waals surface area contributed by atoms with Crippen molar-refractivity contribution in [3.63, 3.8) is 0 Å². The Morgan fingerprint density at radius 2 is 1.51 bits per heavy atom. The second kappa shape index (κ2) is 23.8. The molecule has 3 aliphatic rings. The fourth-order valence-electron chi connectivity index (χ4n) is 8.74. The molecule has 65 heavy (non-hydrogen) atoms. The van der Waals surface area contributed by atoms with Gasteiger partial charge in [-0.15, -0.1) is 0 Å². The standard InChI is InChI=1S/C33H47N7O3.C16H13FN2O.C2H6/c1-3-26-6-5-7-28(20-26)29-21-30(34-4-2)32(35-22-29)33(43)40-10-8-27(9-11-40)23-36-12-14-37(15-13-36)24-31(42)39-18-16-38(25-41)17-19-39;1-10-8-11(6-7-14(10)17)9-15-12-4-2-3-5-13(12)16(20)19-18-15;1-2/h5-7,20-22,25,27,34H,3-4,8-19,23-24H2,1-2H3;2-8H,9H2,1H3,(H,19,20);1-2H3. The third kappa shape index (κ3) is 12.8. The number of carbonyl (C=O) groups is 3. The highest BCUT2D eigenvalue weighted by Crippen LogP contribution is 2.28. The fourth-order valence-corrected chi connectivity index (χ4v) is 8.74. The SMILES string of the molecule is CC.CCNc1cc(-c2cccc(CC)c2)cnc1C(=O)N1CCC(CN2CCN(CC(=O)N3CCN(C=O)CC3)CC2)CC1.Cc1cc(Cc2n[nH]c(=O)c3ccccc23)ccc1F. The number of piperazine rings is 2. The molecule has 0 atom stereocenters. The molecule has 2 aromatic heterocycles. The monoisotopic (exact) mass is 888 g/mol. The molecule has 346 valence electrons. The number of fused-ring (bicyclic) bond motifs is 1. The average molecular weight is 888 g/mol. The van der Waals surface area contributed by atoms with Gasteiger partial charge in [-0.05, 0) is 79.5 Å². The van der Waals surface area contributed by atoms with Gasteiger partial charge >= 0.3 is 0 Å². The van der Waals surface area contributed by atoms with E-state index >= 15 is 0 Å². The van der Waals surface area contributed by atoms with Crippen molar-refractivity contribution in [3.05, 3.63) is 123 Å². The molecular formula is C51H66FN9O4. The molecule has 0 bridgehead atoms. The van der Waals surface area contributed by atoms with Crippen LogP contribution in [0, 0.1) is 18.7 Å². The Bertz CT molecular complexity index is 2420. The van der Waals surface area contributed by atoms with E-state index in [1.54, 1.807) is 30.0 Å². The Labute approximate surface area is 383 Å². The number of nitrogens with one attached hydrogen (secondary N) is 2. The van der Waals surface area contributed by atoms with Gasteiger partial charge in [0, 0.05) is 102 Å². The number of anilines is 1. The van der Waals surface area contributed by atoms with E-state index in [0.717, 1.165) is 111 Å². The Hall–Kier alpha value is -5.99. The summed E-state index contributed by atoms with van der Waals surface area (Å²) in [5.41, 5.74) is 6.89. The van der Waals surface area contributed by atoms with Crippen molar-refractivity contribution >= 4 is 34.7 Å². The van der Waals surface area contributed by atoms with E-state index in [9.17, 15) is 23.6 Å². The van der Waals surface area contributed by atoms with Crippen LogP contribution in [0.3, 0.4) is 0 Å².